The van der Waals surface area contributed by atoms with Crippen LogP contribution in [0, 0.1) is 0 Å². The molecule has 3 aromatic carbocycles. The highest BCUT2D eigenvalue weighted by Gasteiger charge is 2.14. The Bertz CT molecular complexity index is 842. The summed E-state index contributed by atoms with van der Waals surface area (Å²) in [5.41, 5.74) is 4.67. The first-order valence-corrected chi connectivity index (χ1v) is 9.95. The Morgan fingerprint density at radius 2 is 1.34 bits per heavy atom. The fourth-order valence-electron chi connectivity index (χ4n) is 3.49. The second-order valence-corrected chi connectivity index (χ2v) is 6.97. The van der Waals surface area contributed by atoms with Gasteiger partial charge in [0.15, 0.2) is 0 Å². The number of carbonyl (C=O) groups is 1. The second kappa shape index (κ2) is 11.0. The molecular weight excluding hydrogens is 360 g/mol. The van der Waals surface area contributed by atoms with Crippen LogP contribution in [0.4, 0.5) is 4.79 Å². The molecule has 0 bridgehead atoms. The van der Waals surface area contributed by atoms with Gasteiger partial charge in [0.1, 0.15) is 0 Å². The molecule has 4 nitrogen and oxygen atoms in total. The number of carbonyl (C=O) groups excluding carboxylic acids is 1. The summed E-state index contributed by atoms with van der Waals surface area (Å²) in [5.74, 6) is 0.250. The Balaban J connectivity index is 1.54. The SMILES string of the molecule is COCc1ccccc1CNC(=O)NCCC(c1ccccc1)c1ccccc1. The van der Waals surface area contributed by atoms with Crippen LogP contribution < -0.4 is 10.6 Å². The standard InChI is InChI=1S/C25H28N2O2/c1-29-19-23-15-9-8-14-22(23)18-27-25(28)26-17-16-24(20-10-4-2-5-11-20)21-12-6-3-7-13-21/h2-15,24H,16-19H2,1H3,(H2,26,27,28). The average molecular weight is 389 g/mol. The molecule has 4 heteroatoms. The molecule has 0 aliphatic rings. The van der Waals surface area contributed by atoms with Gasteiger partial charge in [0.2, 0.25) is 0 Å². The fourth-order valence-corrected chi connectivity index (χ4v) is 3.49. The summed E-state index contributed by atoms with van der Waals surface area (Å²) >= 11 is 0. The molecule has 3 rings (SSSR count). The summed E-state index contributed by atoms with van der Waals surface area (Å²) in [6.45, 7) is 1.61. The van der Waals surface area contributed by atoms with Gasteiger partial charge in [0.25, 0.3) is 0 Å². The molecule has 2 N–H and O–H groups in total. The van der Waals surface area contributed by atoms with Gasteiger partial charge in [-0.3, -0.25) is 0 Å². The first kappa shape index (κ1) is 20.6. The van der Waals surface area contributed by atoms with Crippen molar-refractivity contribution in [2.45, 2.75) is 25.5 Å². The molecule has 0 aromatic heterocycles. The smallest absolute Gasteiger partial charge is 0.315 e. The topological polar surface area (TPSA) is 50.4 Å². The van der Waals surface area contributed by atoms with E-state index in [0.29, 0.717) is 19.7 Å². The van der Waals surface area contributed by atoms with E-state index in [-0.39, 0.29) is 11.9 Å². The summed E-state index contributed by atoms with van der Waals surface area (Å²) in [7, 11) is 1.67. The van der Waals surface area contributed by atoms with Crippen LogP contribution in [0.25, 0.3) is 0 Å². The van der Waals surface area contributed by atoms with Crippen molar-refractivity contribution < 1.29 is 9.53 Å². The van der Waals surface area contributed by atoms with Gasteiger partial charge in [-0.15, -0.1) is 0 Å². The molecule has 150 valence electrons. The van der Waals surface area contributed by atoms with Crippen molar-refractivity contribution in [2.75, 3.05) is 13.7 Å². The normalized spacial score (nSPS) is 10.7. The van der Waals surface area contributed by atoms with Gasteiger partial charge in [-0.25, -0.2) is 4.79 Å². The molecule has 29 heavy (non-hydrogen) atoms. The van der Waals surface area contributed by atoms with Gasteiger partial charge in [0, 0.05) is 26.1 Å². The van der Waals surface area contributed by atoms with E-state index in [9.17, 15) is 4.79 Å². The van der Waals surface area contributed by atoms with Crippen LogP contribution in [0.15, 0.2) is 84.9 Å². The monoisotopic (exact) mass is 388 g/mol. The van der Waals surface area contributed by atoms with E-state index < -0.39 is 0 Å². The molecule has 0 atom stereocenters. The molecule has 0 saturated heterocycles. The number of methoxy groups -OCH3 is 1. The van der Waals surface area contributed by atoms with Crippen molar-refractivity contribution in [3.63, 3.8) is 0 Å². The van der Waals surface area contributed by atoms with Crippen molar-refractivity contribution in [1.82, 2.24) is 10.6 Å². The van der Waals surface area contributed by atoms with E-state index in [1.807, 2.05) is 36.4 Å². The molecule has 0 heterocycles. The Kier molecular flexibility index (Phi) is 7.84. The third kappa shape index (κ3) is 6.19. The lowest BCUT2D eigenvalue weighted by Gasteiger charge is -2.18. The van der Waals surface area contributed by atoms with Crippen molar-refractivity contribution in [2.24, 2.45) is 0 Å². The second-order valence-electron chi connectivity index (χ2n) is 6.97. The van der Waals surface area contributed by atoms with E-state index in [0.717, 1.165) is 17.5 Å². The van der Waals surface area contributed by atoms with E-state index in [2.05, 4.69) is 59.2 Å². The average Bonchev–Trinajstić information content (AvgIpc) is 2.77. The Hall–Kier alpha value is -3.11. The summed E-state index contributed by atoms with van der Waals surface area (Å²) < 4.78 is 5.22. The predicted octanol–water partition coefficient (Wildman–Crippen LogP) is 4.85. The van der Waals surface area contributed by atoms with Gasteiger partial charge >= 0.3 is 6.03 Å². The molecule has 2 amide bonds. The Morgan fingerprint density at radius 3 is 1.93 bits per heavy atom. The molecule has 3 aromatic rings. The molecule has 0 spiro atoms. The van der Waals surface area contributed by atoms with Crippen molar-refractivity contribution >= 4 is 6.03 Å². The predicted molar refractivity (Wildman–Crippen MR) is 117 cm³/mol. The van der Waals surface area contributed by atoms with Gasteiger partial charge in [-0.2, -0.15) is 0 Å². The number of rotatable bonds is 9. The zero-order valence-electron chi connectivity index (χ0n) is 16.8. The highest BCUT2D eigenvalue weighted by atomic mass is 16.5. The molecule has 0 radical (unpaired) electrons. The van der Waals surface area contributed by atoms with Crippen LogP contribution in [0.3, 0.4) is 0 Å². The first-order valence-electron chi connectivity index (χ1n) is 9.95. The van der Waals surface area contributed by atoms with Crippen molar-refractivity contribution in [3.05, 3.63) is 107 Å². The highest BCUT2D eigenvalue weighted by Crippen LogP contribution is 2.27. The van der Waals surface area contributed by atoms with Gasteiger partial charge in [-0.1, -0.05) is 84.9 Å². The number of ether oxygens (including phenoxy) is 1. The quantitative estimate of drug-likeness (QED) is 0.550. The molecule has 0 aliphatic heterocycles. The maximum Gasteiger partial charge on any atom is 0.315 e. The van der Waals surface area contributed by atoms with Crippen LogP contribution in [0.1, 0.15) is 34.6 Å². The Labute approximate surface area is 172 Å². The third-order valence-corrected chi connectivity index (χ3v) is 4.98. The zero-order valence-corrected chi connectivity index (χ0v) is 16.8. The minimum atomic E-state index is -0.155. The zero-order chi connectivity index (χ0) is 20.3. The maximum absolute atomic E-state index is 12.3. The van der Waals surface area contributed by atoms with Crippen LogP contribution in [0.2, 0.25) is 0 Å². The van der Waals surface area contributed by atoms with Crippen molar-refractivity contribution in [3.8, 4) is 0 Å². The molecule has 0 unspecified atom stereocenters. The lowest BCUT2D eigenvalue weighted by Crippen LogP contribution is -2.36. The summed E-state index contributed by atoms with van der Waals surface area (Å²) in [6.07, 6.45) is 0.835. The largest absolute Gasteiger partial charge is 0.380 e. The molecular formula is C25H28N2O2. The molecule has 0 fully saturated rings. The summed E-state index contributed by atoms with van der Waals surface area (Å²) in [5, 5.41) is 5.94. The number of urea groups is 1. The van der Waals surface area contributed by atoms with E-state index in [1.165, 1.54) is 11.1 Å². The number of nitrogens with one attached hydrogen (secondary N) is 2. The minimum absolute atomic E-state index is 0.155. The van der Waals surface area contributed by atoms with Crippen LogP contribution >= 0.6 is 0 Å². The minimum Gasteiger partial charge on any atom is -0.380 e. The van der Waals surface area contributed by atoms with E-state index in [4.69, 9.17) is 4.74 Å². The molecule has 0 saturated carbocycles. The fraction of sp³-hybridized carbons (Fsp3) is 0.240. The van der Waals surface area contributed by atoms with Gasteiger partial charge in [0.05, 0.1) is 6.61 Å². The lowest BCUT2D eigenvalue weighted by atomic mass is 9.88. The van der Waals surface area contributed by atoms with E-state index in [1.54, 1.807) is 7.11 Å². The number of hydrogen-bond acceptors (Lipinski definition) is 2. The number of hydrogen-bond donors (Lipinski definition) is 2. The summed E-state index contributed by atoms with van der Waals surface area (Å²) in [6, 6.07) is 28.7. The maximum atomic E-state index is 12.3. The summed E-state index contributed by atoms with van der Waals surface area (Å²) in [4.78, 5) is 12.3. The first-order chi connectivity index (χ1) is 14.3. The van der Waals surface area contributed by atoms with Crippen LogP contribution in [0.5, 0.6) is 0 Å². The number of amides is 2. The highest BCUT2D eigenvalue weighted by molar-refractivity contribution is 5.73. The van der Waals surface area contributed by atoms with Gasteiger partial charge < -0.3 is 15.4 Å². The van der Waals surface area contributed by atoms with Crippen molar-refractivity contribution in [1.29, 1.82) is 0 Å². The molecule has 0 aliphatic carbocycles. The van der Waals surface area contributed by atoms with Gasteiger partial charge in [-0.05, 0) is 28.7 Å². The Morgan fingerprint density at radius 1 is 0.793 bits per heavy atom. The lowest BCUT2D eigenvalue weighted by molar-refractivity contribution is 0.184. The third-order valence-electron chi connectivity index (χ3n) is 4.98. The van der Waals surface area contributed by atoms with Crippen LogP contribution in [-0.4, -0.2) is 19.7 Å². The van der Waals surface area contributed by atoms with Crippen LogP contribution in [-0.2, 0) is 17.9 Å². The number of benzene rings is 3. The van der Waals surface area contributed by atoms with E-state index >= 15 is 0 Å².